The lowest BCUT2D eigenvalue weighted by Crippen LogP contribution is -2.51. The van der Waals surface area contributed by atoms with Crippen molar-refractivity contribution in [1.29, 1.82) is 0 Å². The molecular weight excluding hydrogens is 1490 g/mol. The van der Waals surface area contributed by atoms with E-state index in [1.165, 1.54) is 36.5 Å². The van der Waals surface area contributed by atoms with Crippen molar-refractivity contribution >= 4 is 79.9 Å². The summed E-state index contributed by atoms with van der Waals surface area (Å²) in [5, 5.41) is 13.4. The zero-order valence-electron chi connectivity index (χ0n) is 68.8. The second-order valence-electron chi connectivity index (χ2n) is 33.6. The molecule has 22 heteroatoms. The van der Waals surface area contributed by atoms with E-state index in [1.54, 1.807) is 0 Å². The molecule has 0 saturated carbocycles. The lowest BCUT2D eigenvalue weighted by Gasteiger charge is -2.37. The van der Waals surface area contributed by atoms with Crippen molar-refractivity contribution in [3.05, 3.63) is 240 Å². The van der Waals surface area contributed by atoms with Crippen molar-refractivity contribution < 1.29 is 38.2 Å². The monoisotopic (exact) mass is 1590 g/mol. The van der Waals surface area contributed by atoms with E-state index >= 15 is 0 Å². The minimum Gasteiger partial charge on any atom is -0.453 e. The summed E-state index contributed by atoms with van der Waals surface area (Å²) in [7, 11) is 4.67. The summed E-state index contributed by atoms with van der Waals surface area (Å²) >= 11 is 0. The van der Waals surface area contributed by atoms with Gasteiger partial charge in [0.05, 0.1) is 62.2 Å². The standard InChI is InChI=1S/C49H53N7O4.C48H51N7O4/c1-30(2)44(53-49(59)60-4)47(57)56-23-8-12-43(56)46-51-29-41(52-46)37-20-19-35-25-34(17-18-36(35)26-37)31-13-15-32(16-14-31)38-27-40(50-28-38)42-11-7-22-55(42)48(58)45-39-10-6-5-9-33(39)21-24-54(45)3;1-29(2)43(53-48(58)59-3)46(56)55-23-7-11-42(55)45-51-28-40(52-45)36-19-18-34-24-33(16-17-35(34)25-36)30-12-14-31(15-13-30)37-26-39(50-27-37)41-10-6-22-54(41)47(57)44-38-9-5-4-8-32(38)20-21-49-44/h5-6,9-10,13-20,25-26,28-30,42-45H,7-8,11-12,21-24,27H2,1-4H3,(H,51,52)(H,53,59);4-5,8-9,12-19,24-25,27-29,41-44,49H,6-7,10-11,20-23,26H2,1-3H3,(H,51,52)(H,53,58)/t42-,43-,44-,45+;41-,42-,43-,44+/m00/s1. The lowest BCUT2D eigenvalue weighted by atomic mass is 9.91. The predicted molar refractivity (Wildman–Crippen MR) is 466 cm³/mol. The number of rotatable bonds is 18. The molecule has 4 saturated heterocycles. The highest BCUT2D eigenvalue weighted by atomic mass is 16.5. The number of fused-ring (bicyclic) bond motifs is 4. The van der Waals surface area contributed by atoms with Gasteiger partial charge in [0.25, 0.3) is 0 Å². The highest BCUT2D eigenvalue weighted by Crippen LogP contribution is 2.41. The zero-order chi connectivity index (χ0) is 82.1. The van der Waals surface area contributed by atoms with E-state index in [9.17, 15) is 28.8 Å². The van der Waals surface area contributed by atoms with E-state index in [4.69, 9.17) is 29.4 Å². The number of aromatic amines is 2. The number of nitrogens with zero attached hydrogens (tertiary/aromatic N) is 9. The first-order valence-electron chi connectivity index (χ1n) is 42.3. The zero-order valence-corrected chi connectivity index (χ0v) is 68.8. The number of hydrogen-bond donors (Lipinski definition) is 5. The number of alkyl carbamates (subject to hydrolysis) is 2. The largest absolute Gasteiger partial charge is 0.453 e. The molecule has 2 aromatic heterocycles. The third kappa shape index (κ3) is 16.3. The molecule has 4 fully saturated rings. The van der Waals surface area contributed by atoms with Crippen LogP contribution in [0.4, 0.5) is 9.59 Å². The third-order valence-corrected chi connectivity index (χ3v) is 25.6. The molecule has 0 unspecified atom stereocenters. The van der Waals surface area contributed by atoms with Crippen molar-refractivity contribution in [1.82, 2.24) is 60.4 Å². The molecule has 5 N–H and O–H groups in total. The molecule has 8 aliphatic heterocycles. The molecule has 8 atom stereocenters. The van der Waals surface area contributed by atoms with Crippen LogP contribution in [0.2, 0.25) is 0 Å². The number of imidazole rings is 2. The fraction of sp³-hybridized carbons (Fsp3) is 0.361. The van der Waals surface area contributed by atoms with Gasteiger partial charge in [-0.05, 0) is 196 Å². The molecule has 119 heavy (non-hydrogen) atoms. The number of aliphatic imine (C=N–C) groups is 2. The van der Waals surface area contributed by atoms with Gasteiger partial charge < -0.3 is 55.0 Å². The molecule has 18 rings (SSSR count). The summed E-state index contributed by atoms with van der Waals surface area (Å²) in [6.45, 7) is 12.1. The quantitative estimate of drug-likeness (QED) is 0.0538. The number of carbonyl (C=O) groups excluding carboxylic acids is 6. The Morgan fingerprint density at radius 2 is 0.832 bits per heavy atom. The van der Waals surface area contributed by atoms with Gasteiger partial charge in [-0.15, -0.1) is 0 Å². The Balaban J connectivity index is 0.000000170. The number of ether oxygens (including phenoxy) is 2. The van der Waals surface area contributed by atoms with E-state index in [-0.39, 0.29) is 71.7 Å². The molecule has 0 spiro atoms. The fourth-order valence-corrected chi connectivity index (χ4v) is 19.1. The van der Waals surface area contributed by atoms with Crippen molar-refractivity contribution in [2.45, 2.75) is 153 Å². The van der Waals surface area contributed by atoms with E-state index in [1.807, 2.05) is 74.4 Å². The van der Waals surface area contributed by atoms with Gasteiger partial charge in [-0.25, -0.2) is 19.6 Å². The van der Waals surface area contributed by atoms with Crippen molar-refractivity contribution in [2.24, 2.45) is 21.8 Å². The maximum atomic E-state index is 14.2. The fourth-order valence-electron chi connectivity index (χ4n) is 19.1. The van der Waals surface area contributed by atoms with Gasteiger partial charge in [-0.2, -0.15) is 0 Å². The van der Waals surface area contributed by atoms with Crippen molar-refractivity contribution in [3.8, 4) is 44.8 Å². The van der Waals surface area contributed by atoms with Gasteiger partial charge in [0.2, 0.25) is 23.6 Å². The number of nitrogens with one attached hydrogen (secondary N) is 5. The molecule has 10 aromatic rings. The second-order valence-corrected chi connectivity index (χ2v) is 33.6. The summed E-state index contributed by atoms with van der Waals surface area (Å²) in [4.78, 5) is 116. The van der Waals surface area contributed by atoms with Crippen LogP contribution in [0, 0.1) is 11.8 Å². The maximum Gasteiger partial charge on any atom is 0.407 e. The summed E-state index contributed by atoms with van der Waals surface area (Å²) in [6.07, 6.45) is 17.1. The summed E-state index contributed by atoms with van der Waals surface area (Å²) < 4.78 is 9.56. The van der Waals surface area contributed by atoms with Crippen LogP contribution in [0.3, 0.4) is 0 Å². The molecule has 22 nitrogen and oxygen atoms in total. The molecule has 10 heterocycles. The summed E-state index contributed by atoms with van der Waals surface area (Å²) in [5.41, 5.74) is 20.0. The van der Waals surface area contributed by atoms with Crippen LogP contribution in [0.5, 0.6) is 0 Å². The first-order valence-corrected chi connectivity index (χ1v) is 42.3. The molecular formula is C97H104N14O8. The minimum absolute atomic E-state index is 0.0361. The van der Waals surface area contributed by atoms with Crippen LogP contribution < -0.4 is 16.0 Å². The normalized spacial score (nSPS) is 20.8. The smallest absolute Gasteiger partial charge is 0.407 e. The highest BCUT2D eigenvalue weighted by Gasteiger charge is 2.44. The number of likely N-dealkylation sites (N-methyl/N-ethyl adjacent to an activating group) is 1. The molecule has 6 amide bonds. The van der Waals surface area contributed by atoms with E-state index in [0.29, 0.717) is 13.1 Å². The van der Waals surface area contributed by atoms with Crippen LogP contribution in [0.1, 0.15) is 161 Å². The molecule has 0 bridgehead atoms. The predicted octanol–water partition coefficient (Wildman–Crippen LogP) is 16.4. The average molecular weight is 1590 g/mol. The van der Waals surface area contributed by atoms with Crippen LogP contribution in [0.25, 0.3) is 77.5 Å². The Kier molecular flexibility index (Phi) is 23.0. The van der Waals surface area contributed by atoms with Crippen molar-refractivity contribution in [2.75, 3.05) is 60.5 Å². The number of carbonyl (C=O) groups is 6. The number of H-pyrrole nitrogens is 2. The Labute approximate surface area is 694 Å². The molecule has 0 radical (unpaired) electrons. The Bertz CT molecular complexity index is 5660. The Morgan fingerprint density at radius 3 is 1.29 bits per heavy atom. The van der Waals surface area contributed by atoms with Gasteiger partial charge in [0, 0.05) is 87.1 Å². The SMILES string of the molecule is COC(=O)N[C@H](C(=O)N1CCC[C@H]1c1ncc(-c2ccc3cc(-c4ccc(C5=CN=C([C@@H]6CCCN6C(=O)[C@@H]6NCCc7ccccc76)C5)cc4)ccc3c2)[nH]1)C(C)C.COC(=O)N[C@H](C(=O)N1CCC[C@H]1c1ncc(-c2ccc3cc(-c4ccc(C5=CN=C([C@@H]6CCCN6C(=O)[C@H]6c7ccccc7CCN6C)C5)cc4)ccc3c2)[nH]1)C(C)C. The number of aromatic nitrogens is 4. The van der Waals surface area contributed by atoms with Crippen LogP contribution in [0.15, 0.2) is 205 Å². The van der Waals surface area contributed by atoms with Gasteiger partial charge in [-0.3, -0.25) is 34.1 Å². The number of allylic oxidation sites excluding steroid dienone is 2. The number of likely N-dealkylation sites (tertiary alicyclic amines) is 4. The minimum atomic E-state index is -0.677. The molecule has 8 aliphatic rings. The number of benzene rings is 8. The topological polar surface area (TPSA) is 255 Å². The van der Waals surface area contributed by atoms with E-state index in [2.05, 4.69) is 205 Å². The number of methoxy groups -OCH3 is 2. The van der Waals surface area contributed by atoms with E-state index in [0.717, 1.165) is 215 Å². The van der Waals surface area contributed by atoms with Gasteiger partial charge in [0.1, 0.15) is 35.8 Å². The first kappa shape index (κ1) is 79.3. The lowest BCUT2D eigenvalue weighted by molar-refractivity contribution is -0.137. The highest BCUT2D eigenvalue weighted by molar-refractivity contribution is 6.05. The third-order valence-electron chi connectivity index (χ3n) is 25.6. The van der Waals surface area contributed by atoms with E-state index < -0.39 is 24.3 Å². The number of hydrogen-bond acceptors (Lipinski definition) is 14. The average Bonchev–Trinajstić information content (AvgIpc) is 1.72. The van der Waals surface area contributed by atoms with Crippen molar-refractivity contribution in [3.63, 3.8) is 0 Å². The molecule has 8 aromatic carbocycles. The van der Waals surface area contributed by atoms with Gasteiger partial charge in [0.15, 0.2) is 0 Å². The van der Waals surface area contributed by atoms with Crippen LogP contribution >= 0.6 is 0 Å². The summed E-state index contributed by atoms with van der Waals surface area (Å²) in [5.74, 6) is 1.42. The molecule has 610 valence electrons. The number of amides is 6. The Morgan fingerprint density at radius 1 is 0.437 bits per heavy atom. The van der Waals surface area contributed by atoms with Gasteiger partial charge >= 0.3 is 12.2 Å². The van der Waals surface area contributed by atoms with Crippen LogP contribution in [-0.4, -0.2) is 176 Å². The Hall–Kier alpha value is -12.1. The second kappa shape index (κ2) is 34.4. The maximum absolute atomic E-state index is 14.2. The molecule has 0 aliphatic carbocycles. The summed E-state index contributed by atoms with van der Waals surface area (Å²) in [6, 6.07) is 57.9. The van der Waals surface area contributed by atoms with Gasteiger partial charge in [-0.1, -0.05) is 173 Å². The first-order chi connectivity index (χ1) is 57.9. The van der Waals surface area contributed by atoms with Crippen LogP contribution in [-0.2, 0) is 41.5 Å².